The minimum Gasteiger partial charge on any atom is -0.279 e. The van der Waals surface area contributed by atoms with Gasteiger partial charge in [-0.05, 0) is 59.0 Å². The minimum atomic E-state index is -3.99. The SMILES string of the molecule is O=S(=O)(Nc1ccc(Cl)cc1I)c1ccc(F)c(F)c1. The molecule has 2 aromatic rings. The highest BCUT2D eigenvalue weighted by molar-refractivity contribution is 14.1. The second-order valence-corrected chi connectivity index (χ2v) is 7.09. The Balaban J connectivity index is 2.38. The van der Waals surface area contributed by atoms with Crippen LogP contribution in [0.3, 0.4) is 0 Å². The Morgan fingerprint density at radius 2 is 1.75 bits per heavy atom. The minimum absolute atomic E-state index is 0.305. The van der Waals surface area contributed by atoms with Crippen LogP contribution in [0.2, 0.25) is 5.02 Å². The Morgan fingerprint density at radius 1 is 1.05 bits per heavy atom. The van der Waals surface area contributed by atoms with Crippen molar-refractivity contribution in [3.8, 4) is 0 Å². The van der Waals surface area contributed by atoms with Gasteiger partial charge in [0.1, 0.15) is 0 Å². The summed E-state index contributed by atoms with van der Waals surface area (Å²) in [6, 6.07) is 6.96. The summed E-state index contributed by atoms with van der Waals surface area (Å²) in [5.74, 6) is -2.33. The number of halogens is 4. The van der Waals surface area contributed by atoms with Crippen LogP contribution in [-0.4, -0.2) is 8.42 Å². The highest BCUT2D eigenvalue weighted by Crippen LogP contribution is 2.25. The molecule has 0 aliphatic heterocycles. The molecule has 0 unspecified atom stereocenters. The van der Waals surface area contributed by atoms with E-state index in [-0.39, 0.29) is 4.90 Å². The summed E-state index contributed by atoms with van der Waals surface area (Å²) in [6.45, 7) is 0. The number of hydrogen-bond acceptors (Lipinski definition) is 2. The maximum Gasteiger partial charge on any atom is 0.262 e. The van der Waals surface area contributed by atoms with Crippen LogP contribution in [-0.2, 0) is 10.0 Å². The molecule has 2 rings (SSSR count). The second kappa shape index (κ2) is 5.82. The summed E-state index contributed by atoms with van der Waals surface area (Å²) in [5, 5.41) is 0.463. The maximum atomic E-state index is 13.1. The van der Waals surface area contributed by atoms with Gasteiger partial charge in [0, 0.05) is 8.59 Å². The third kappa shape index (κ3) is 3.39. The number of nitrogens with one attached hydrogen (secondary N) is 1. The molecule has 3 nitrogen and oxygen atoms in total. The van der Waals surface area contributed by atoms with Crippen molar-refractivity contribution in [2.24, 2.45) is 0 Å². The van der Waals surface area contributed by atoms with E-state index in [0.29, 0.717) is 20.3 Å². The fraction of sp³-hybridized carbons (Fsp3) is 0. The van der Waals surface area contributed by atoms with Crippen LogP contribution in [0.4, 0.5) is 14.5 Å². The maximum absolute atomic E-state index is 13.1. The first-order valence-electron chi connectivity index (χ1n) is 5.22. The van der Waals surface area contributed by atoms with Gasteiger partial charge >= 0.3 is 0 Å². The third-order valence-electron chi connectivity index (χ3n) is 2.38. The molecule has 0 radical (unpaired) electrons. The van der Waals surface area contributed by atoms with Crippen LogP contribution in [0.5, 0.6) is 0 Å². The van der Waals surface area contributed by atoms with Gasteiger partial charge in [0.05, 0.1) is 10.6 Å². The lowest BCUT2D eigenvalue weighted by atomic mass is 10.3. The van der Waals surface area contributed by atoms with Gasteiger partial charge in [0.2, 0.25) is 0 Å². The molecule has 0 saturated carbocycles. The third-order valence-corrected chi connectivity index (χ3v) is 4.87. The quantitative estimate of drug-likeness (QED) is 0.749. The van der Waals surface area contributed by atoms with Crippen LogP contribution in [0.25, 0.3) is 0 Å². The predicted molar refractivity (Wildman–Crippen MR) is 81.3 cm³/mol. The zero-order chi connectivity index (χ0) is 14.9. The molecular weight excluding hydrogens is 423 g/mol. The fourth-order valence-corrected chi connectivity index (χ4v) is 3.70. The van der Waals surface area contributed by atoms with E-state index in [9.17, 15) is 17.2 Å². The molecule has 8 heteroatoms. The van der Waals surface area contributed by atoms with E-state index in [1.807, 2.05) is 22.6 Å². The van der Waals surface area contributed by atoms with E-state index in [4.69, 9.17) is 11.6 Å². The molecule has 0 bridgehead atoms. The highest BCUT2D eigenvalue weighted by atomic mass is 127. The lowest BCUT2D eigenvalue weighted by Crippen LogP contribution is -2.14. The molecular formula is C12H7ClF2INO2S. The van der Waals surface area contributed by atoms with Gasteiger partial charge in [0.15, 0.2) is 11.6 Å². The first-order valence-corrected chi connectivity index (χ1v) is 8.16. The molecule has 0 spiro atoms. The predicted octanol–water partition coefficient (Wildman–Crippen LogP) is 4.02. The van der Waals surface area contributed by atoms with Gasteiger partial charge in [-0.2, -0.15) is 0 Å². The molecule has 0 fully saturated rings. The number of hydrogen-bond donors (Lipinski definition) is 1. The normalized spacial score (nSPS) is 11.4. The number of sulfonamides is 1. The van der Waals surface area contributed by atoms with Crippen molar-refractivity contribution < 1.29 is 17.2 Å². The molecule has 0 aliphatic carbocycles. The molecule has 106 valence electrons. The Labute approximate surface area is 133 Å². The van der Waals surface area contributed by atoms with Crippen LogP contribution in [0, 0.1) is 15.2 Å². The van der Waals surface area contributed by atoms with Crippen molar-refractivity contribution in [3.05, 3.63) is 56.6 Å². The topological polar surface area (TPSA) is 46.2 Å². The van der Waals surface area contributed by atoms with Crippen molar-refractivity contribution in [2.75, 3.05) is 4.72 Å². The average Bonchev–Trinajstić information content (AvgIpc) is 2.36. The van der Waals surface area contributed by atoms with E-state index in [2.05, 4.69) is 4.72 Å². The summed E-state index contributed by atoms with van der Waals surface area (Å²) >= 11 is 7.68. The molecule has 0 aromatic heterocycles. The molecule has 0 heterocycles. The van der Waals surface area contributed by atoms with Gasteiger partial charge in [-0.25, -0.2) is 17.2 Å². The van der Waals surface area contributed by atoms with Crippen LogP contribution < -0.4 is 4.72 Å². The van der Waals surface area contributed by atoms with Crippen LogP contribution in [0.15, 0.2) is 41.3 Å². The summed E-state index contributed by atoms with van der Waals surface area (Å²) in [5.41, 5.74) is 0.305. The van der Waals surface area contributed by atoms with E-state index in [1.54, 1.807) is 6.07 Å². The van der Waals surface area contributed by atoms with Crippen LogP contribution in [0.1, 0.15) is 0 Å². The first kappa shape index (κ1) is 15.5. The fourth-order valence-electron chi connectivity index (χ4n) is 1.42. The van der Waals surface area contributed by atoms with Crippen molar-refractivity contribution in [1.29, 1.82) is 0 Å². The van der Waals surface area contributed by atoms with E-state index >= 15 is 0 Å². The lowest BCUT2D eigenvalue weighted by molar-refractivity contribution is 0.504. The molecule has 0 saturated heterocycles. The standard InChI is InChI=1S/C12H7ClF2INO2S/c13-7-1-4-12(11(16)5-7)17-20(18,19)8-2-3-9(14)10(15)6-8/h1-6,17H. The molecule has 0 aliphatic rings. The monoisotopic (exact) mass is 429 g/mol. The Kier molecular flexibility index (Phi) is 4.50. The molecule has 20 heavy (non-hydrogen) atoms. The molecule has 1 N–H and O–H groups in total. The Hall–Kier alpha value is -0.930. The molecule has 0 amide bonds. The largest absolute Gasteiger partial charge is 0.279 e. The Morgan fingerprint density at radius 3 is 2.35 bits per heavy atom. The lowest BCUT2D eigenvalue weighted by Gasteiger charge is -2.10. The summed E-state index contributed by atoms with van der Waals surface area (Å²) in [7, 11) is -3.99. The summed E-state index contributed by atoms with van der Waals surface area (Å²) < 4.78 is 52.9. The molecule has 0 atom stereocenters. The Bertz CT molecular complexity index is 768. The first-order chi connectivity index (χ1) is 9.29. The number of rotatable bonds is 3. The van der Waals surface area contributed by atoms with Gasteiger partial charge in [-0.15, -0.1) is 0 Å². The second-order valence-electron chi connectivity index (χ2n) is 3.81. The van der Waals surface area contributed by atoms with Crippen LogP contribution >= 0.6 is 34.2 Å². The van der Waals surface area contributed by atoms with Gasteiger partial charge in [-0.1, -0.05) is 11.6 Å². The zero-order valence-corrected chi connectivity index (χ0v) is 13.4. The summed E-state index contributed by atoms with van der Waals surface area (Å²) in [6.07, 6.45) is 0. The van der Waals surface area contributed by atoms with E-state index in [0.717, 1.165) is 12.1 Å². The molecule has 2 aromatic carbocycles. The van der Waals surface area contributed by atoms with Crippen molar-refractivity contribution >= 4 is 49.9 Å². The van der Waals surface area contributed by atoms with Crippen molar-refractivity contribution in [2.45, 2.75) is 4.90 Å². The summed E-state index contributed by atoms with van der Waals surface area (Å²) in [4.78, 5) is -0.359. The van der Waals surface area contributed by atoms with Gasteiger partial charge in [-0.3, -0.25) is 4.72 Å². The number of benzene rings is 2. The van der Waals surface area contributed by atoms with Gasteiger partial charge < -0.3 is 0 Å². The average molecular weight is 430 g/mol. The van der Waals surface area contributed by atoms with Crippen molar-refractivity contribution in [1.82, 2.24) is 0 Å². The zero-order valence-electron chi connectivity index (χ0n) is 9.70. The van der Waals surface area contributed by atoms with Crippen molar-refractivity contribution in [3.63, 3.8) is 0 Å². The van der Waals surface area contributed by atoms with Gasteiger partial charge in [0.25, 0.3) is 10.0 Å². The smallest absolute Gasteiger partial charge is 0.262 e. The highest BCUT2D eigenvalue weighted by Gasteiger charge is 2.17. The van der Waals surface area contributed by atoms with E-state index < -0.39 is 21.7 Å². The number of anilines is 1. The van der Waals surface area contributed by atoms with E-state index in [1.165, 1.54) is 12.1 Å².